The second-order valence-corrected chi connectivity index (χ2v) is 9.97. The maximum Gasteiger partial charge on any atom is 1.00 e. The molecule has 0 aliphatic carbocycles. The standard InChI is InChI=1S/C17H17BO5.C15H13BO5.Li.H2O/c1-2-21-17(19)11-16-14-9-8-13(10-15(14)18(20)23-16)22-12-6-4-3-5-7-12;17-15(18)9-14-12-7-6-11(8-13(12)16(19)21-14)20-10-4-2-1-3-5-10;;/h3-10,16,20H,2,11H2,1H3;1-8,14,19H,9H2,(H,17,18);;1H2/q;;+1;/p-1. The number of carboxylic acids is 1. The Bertz CT molecular complexity index is 1590. The van der Waals surface area contributed by atoms with Crippen molar-refractivity contribution in [1.29, 1.82) is 0 Å². The van der Waals surface area contributed by atoms with Crippen molar-refractivity contribution in [1.82, 2.24) is 0 Å². The van der Waals surface area contributed by atoms with Gasteiger partial charge in [0.05, 0.1) is 31.7 Å². The predicted molar refractivity (Wildman–Crippen MR) is 164 cm³/mol. The largest absolute Gasteiger partial charge is 1.00 e. The van der Waals surface area contributed by atoms with Crippen molar-refractivity contribution in [3.8, 4) is 23.0 Å². The van der Waals surface area contributed by atoms with Crippen LogP contribution in [-0.2, 0) is 23.6 Å². The van der Waals surface area contributed by atoms with E-state index in [2.05, 4.69) is 0 Å². The van der Waals surface area contributed by atoms with E-state index in [1.54, 1.807) is 37.3 Å². The van der Waals surface area contributed by atoms with Crippen LogP contribution < -0.4 is 39.3 Å². The zero-order valence-corrected chi connectivity index (χ0v) is 25.3. The molecule has 0 saturated heterocycles. The summed E-state index contributed by atoms with van der Waals surface area (Å²) in [5.74, 6) is 1.26. The molecule has 4 N–H and O–H groups in total. The van der Waals surface area contributed by atoms with E-state index < -0.39 is 32.4 Å². The fourth-order valence-electron chi connectivity index (χ4n) is 4.95. The summed E-state index contributed by atoms with van der Waals surface area (Å²) < 4.78 is 27.1. The van der Waals surface area contributed by atoms with E-state index in [0.717, 1.165) is 5.56 Å². The van der Waals surface area contributed by atoms with Crippen LogP contribution in [-0.4, -0.2) is 53.4 Å². The predicted octanol–water partition coefficient (Wildman–Crippen LogP) is 0.731. The van der Waals surface area contributed by atoms with Crippen LogP contribution in [0.3, 0.4) is 0 Å². The van der Waals surface area contributed by atoms with Crippen molar-refractivity contribution in [3.05, 3.63) is 108 Å². The van der Waals surface area contributed by atoms with Crippen molar-refractivity contribution in [3.63, 3.8) is 0 Å². The van der Waals surface area contributed by atoms with E-state index in [4.69, 9.17) is 28.6 Å². The fraction of sp³-hybridized carbons (Fsp3) is 0.188. The fourth-order valence-corrected chi connectivity index (χ4v) is 4.95. The van der Waals surface area contributed by atoms with Crippen LogP contribution in [0.25, 0.3) is 0 Å². The number of rotatable bonds is 9. The van der Waals surface area contributed by atoms with Gasteiger partial charge in [-0.1, -0.05) is 48.5 Å². The average molecular weight is 620 g/mol. The Morgan fingerprint density at radius 3 is 1.54 bits per heavy atom. The normalized spacial score (nSPS) is 15.6. The Morgan fingerprint density at radius 2 is 1.13 bits per heavy atom. The van der Waals surface area contributed by atoms with Gasteiger partial charge >= 0.3 is 45.0 Å². The third-order valence-corrected chi connectivity index (χ3v) is 6.90. The number of carbonyl (C=O) groups excluding carboxylic acids is 1. The molecule has 4 aromatic carbocycles. The quantitative estimate of drug-likeness (QED) is 0.178. The maximum absolute atomic E-state index is 11.6. The smallest absolute Gasteiger partial charge is 0.870 e. The van der Waals surface area contributed by atoms with Crippen LogP contribution in [0.1, 0.15) is 43.1 Å². The summed E-state index contributed by atoms with van der Waals surface area (Å²) >= 11 is 0. The van der Waals surface area contributed by atoms with Gasteiger partial charge in [-0.25, -0.2) is 0 Å². The molecule has 0 fully saturated rings. The van der Waals surface area contributed by atoms with Gasteiger partial charge in [0.25, 0.3) is 0 Å². The van der Waals surface area contributed by atoms with Crippen LogP contribution in [0.5, 0.6) is 23.0 Å². The number of ether oxygens (including phenoxy) is 3. The van der Waals surface area contributed by atoms with Crippen molar-refractivity contribution in [2.45, 2.75) is 32.0 Å². The zero-order chi connectivity index (χ0) is 31.1. The van der Waals surface area contributed by atoms with E-state index in [0.29, 0.717) is 46.1 Å². The van der Waals surface area contributed by atoms with Crippen molar-refractivity contribution < 1.29 is 72.6 Å². The molecule has 4 aromatic rings. The summed E-state index contributed by atoms with van der Waals surface area (Å²) in [6, 6.07) is 29.1. The third kappa shape index (κ3) is 9.25. The second kappa shape index (κ2) is 17.0. The van der Waals surface area contributed by atoms with Gasteiger partial charge in [0.1, 0.15) is 23.0 Å². The number of carbonyl (C=O) groups is 2. The van der Waals surface area contributed by atoms with Crippen LogP contribution in [0.2, 0.25) is 0 Å². The van der Waals surface area contributed by atoms with Gasteiger partial charge in [-0.15, -0.1) is 0 Å². The topological polar surface area (TPSA) is 171 Å². The van der Waals surface area contributed by atoms with E-state index in [1.165, 1.54) is 0 Å². The van der Waals surface area contributed by atoms with Gasteiger partial charge < -0.3 is 44.2 Å². The molecular weight excluding hydrogens is 589 g/mol. The summed E-state index contributed by atoms with van der Waals surface area (Å²) in [7, 11) is -2.19. The summed E-state index contributed by atoms with van der Waals surface area (Å²) in [6.07, 6.45) is -1.22. The van der Waals surface area contributed by atoms with Crippen LogP contribution in [0.4, 0.5) is 0 Å². The minimum atomic E-state index is -1.12. The number of hydrogen-bond donors (Lipinski definition) is 3. The Labute approximate surface area is 278 Å². The summed E-state index contributed by atoms with van der Waals surface area (Å²) in [6.45, 7) is 2.08. The molecular formula is C32H31B2LiO11. The number of benzene rings is 4. The van der Waals surface area contributed by atoms with Gasteiger partial charge in [0.2, 0.25) is 0 Å². The van der Waals surface area contributed by atoms with Crippen molar-refractivity contribution in [2.24, 2.45) is 0 Å². The maximum atomic E-state index is 11.6. The van der Waals surface area contributed by atoms with Gasteiger partial charge in [-0.05, 0) is 77.5 Å². The Balaban J connectivity index is 0.000000241. The van der Waals surface area contributed by atoms with E-state index in [1.807, 2.05) is 66.7 Å². The molecule has 0 amide bonds. The molecule has 11 nitrogen and oxygen atoms in total. The number of esters is 1. The molecule has 0 saturated carbocycles. The first kappa shape index (κ1) is 36.4. The van der Waals surface area contributed by atoms with Crippen molar-refractivity contribution >= 4 is 37.1 Å². The Morgan fingerprint density at radius 1 is 0.696 bits per heavy atom. The first-order chi connectivity index (χ1) is 21.3. The van der Waals surface area contributed by atoms with E-state index in [9.17, 15) is 19.6 Å². The molecule has 14 heteroatoms. The monoisotopic (exact) mass is 620 g/mol. The number of carboxylic acid groups (broad SMARTS) is 1. The molecule has 232 valence electrons. The van der Waals surface area contributed by atoms with E-state index >= 15 is 0 Å². The molecule has 0 aromatic heterocycles. The Kier molecular flexibility index (Phi) is 13.5. The number of para-hydroxylation sites is 2. The molecule has 2 heterocycles. The first-order valence-electron chi connectivity index (χ1n) is 14.1. The summed E-state index contributed by atoms with van der Waals surface area (Å²) in [5, 5.41) is 28.8. The van der Waals surface area contributed by atoms with Crippen molar-refractivity contribution in [2.75, 3.05) is 6.61 Å². The number of aliphatic carboxylic acids is 1. The SMILES string of the molecule is CCOC(=O)CC1OB(O)c2cc(Oc3ccccc3)ccc21.O=C(O)CC1OB(O)c2cc(Oc3ccccc3)ccc21.[Li+].[OH-]. The van der Waals surface area contributed by atoms with Gasteiger partial charge in [-0.3, -0.25) is 9.59 Å². The molecule has 2 unspecified atom stereocenters. The number of fused-ring (bicyclic) bond motifs is 2. The summed E-state index contributed by atoms with van der Waals surface area (Å²) in [5.41, 5.74) is 2.64. The minimum absolute atomic E-state index is 0. The van der Waals surface area contributed by atoms with Gasteiger partial charge in [-0.2, -0.15) is 0 Å². The van der Waals surface area contributed by atoms with Crippen LogP contribution in [0, 0.1) is 0 Å². The molecule has 2 aliphatic heterocycles. The molecule has 6 rings (SSSR count). The molecule has 46 heavy (non-hydrogen) atoms. The summed E-state index contributed by atoms with van der Waals surface area (Å²) in [4.78, 5) is 22.4. The van der Waals surface area contributed by atoms with Crippen LogP contribution >= 0.6 is 0 Å². The second-order valence-electron chi connectivity index (χ2n) is 9.97. The minimum Gasteiger partial charge on any atom is -0.870 e. The average Bonchev–Trinajstić information content (AvgIpc) is 3.48. The molecule has 0 radical (unpaired) electrons. The third-order valence-electron chi connectivity index (χ3n) is 6.90. The molecule has 2 aliphatic rings. The first-order valence-corrected chi connectivity index (χ1v) is 14.1. The van der Waals surface area contributed by atoms with Gasteiger partial charge in [0, 0.05) is 0 Å². The molecule has 0 bridgehead atoms. The van der Waals surface area contributed by atoms with Crippen LogP contribution in [0.15, 0.2) is 97.1 Å². The van der Waals surface area contributed by atoms with E-state index in [-0.39, 0.29) is 43.1 Å². The molecule has 2 atom stereocenters. The Hall–Kier alpha value is -4.05. The molecule has 0 spiro atoms. The zero-order valence-electron chi connectivity index (χ0n) is 25.3. The van der Waals surface area contributed by atoms with Gasteiger partial charge in [0.15, 0.2) is 0 Å². The number of hydrogen-bond acceptors (Lipinski definition) is 10.